The molecule has 0 spiro atoms. The van der Waals surface area contributed by atoms with Gasteiger partial charge in [-0.2, -0.15) is 0 Å². The average Bonchev–Trinajstić information content (AvgIpc) is 2.38. The summed E-state index contributed by atoms with van der Waals surface area (Å²) in [6.45, 7) is 0. The molecule has 0 heterocycles. The zero-order valence-electron chi connectivity index (χ0n) is 12.4. The van der Waals surface area contributed by atoms with Crippen molar-refractivity contribution in [1.82, 2.24) is 0 Å². The summed E-state index contributed by atoms with van der Waals surface area (Å²) in [7, 11) is -8.18. The summed E-state index contributed by atoms with van der Waals surface area (Å²) in [4.78, 5) is 19.7. The van der Waals surface area contributed by atoms with E-state index in [0.29, 0.717) is 0 Å². The fourth-order valence-electron chi connectivity index (χ4n) is 3.10. The van der Waals surface area contributed by atoms with Crippen molar-refractivity contribution < 1.29 is 28.0 Å². The van der Waals surface area contributed by atoms with Crippen LogP contribution in [0.1, 0.15) is 64.2 Å². The summed E-state index contributed by atoms with van der Waals surface area (Å²) >= 11 is 0. The van der Waals surface area contributed by atoms with Crippen LogP contribution in [0.5, 0.6) is 0 Å². The van der Waals surface area contributed by atoms with Crippen molar-refractivity contribution >= 4 is 15.2 Å². The Kier molecular flexibility index (Phi) is 6.49. The molecule has 124 valence electrons. The van der Waals surface area contributed by atoms with Crippen LogP contribution in [0.3, 0.4) is 0 Å². The molecule has 2 fully saturated rings. The quantitative estimate of drug-likeness (QED) is 0.710. The van der Waals surface area contributed by atoms with Gasteiger partial charge in [0.1, 0.15) is 0 Å². The number of rotatable bonds is 6. The van der Waals surface area contributed by atoms with E-state index in [9.17, 15) is 18.9 Å². The predicted octanol–water partition coefficient (Wildman–Crippen LogP) is 4.01. The Bertz CT molecular complexity index is 377. The first-order chi connectivity index (χ1) is 9.86. The lowest BCUT2D eigenvalue weighted by Crippen LogP contribution is -2.18. The molecule has 0 aromatic carbocycles. The minimum absolute atomic E-state index is 0.274. The Hall–Kier alpha value is 0.300. The molecule has 6 nitrogen and oxygen atoms in total. The third-order valence-electron chi connectivity index (χ3n) is 4.09. The minimum Gasteiger partial charge on any atom is -0.324 e. The van der Waals surface area contributed by atoms with Crippen molar-refractivity contribution in [1.29, 1.82) is 0 Å². The second-order valence-electron chi connectivity index (χ2n) is 6.15. The van der Waals surface area contributed by atoms with Crippen molar-refractivity contribution in [3.05, 3.63) is 0 Å². The lowest BCUT2D eigenvalue weighted by molar-refractivity contribution is 0.127. The molecule has 0 amide bonds. The first-order valence-electron chi connectivity index (χ1n) is 7.87. The van der Waals surface area contributed by atoms with Crippen LogP contribution in [-0.4, -0.2) is 27.9 Å². The van der Waals surface area contributed by atoms with Gasteiger partial charge in [-0.25, -0.2) is 0 Å². The van der Waals surface area contributed by atoms with Crippen molar-refractivity contribution in [3.63, 3.8) is 0 Å². The molecule has 2 N–H and O–H groups in total. The largest absolute Gasteiger partial charge is 0.340 e. The summed E-state index contributed by atoms with van der Waals surface area (Å²) in [5, 5.41) is 0. The van der Waals surface area contributed by atoms with Crippen molar-refractivity contribution in [2.24, 2.45) is 0 Å². The highest BCUT2D eigenvalue weighted by molar-refractivity contribution is 7.70. The Balaban J connectivity index is 1.84. The predicted molar refractivity (Wildman–Crippen MR) is 80.4 cm³/mol. The van der Waals surface area contributed by atoms with E-state index in [0.717, 1.165) is 64.2 Å². The molecular formula is C13H26O6P2. The molecule has 8 heteroatoms. The number of hydrogen-bond donors (Lipinski definition) is 2. The maximum atomic E-state index is 12.1. The van der Waals surface area contributed by atoms with E-state index >= 15 is 0 Å². The molecule has 0 aromatic rings. The van der Waals surface area contributed by atoms with E-state index in [1.54, 1.807) is 0 Å². The second kappa shape index (κ2) is 7.72. The summed E-state index contributed by atoms with van der Waals surface area (Å²) in [6, 6.07) is 0. The van der Waals surface area contributed by atoms with Crippen LogP contribution >= 0.6 is 15.2 Å². The van der Waals surface area contributed by atoms with E-state index in [2.05, 4.69) is 0 Å². The SMILES string of the molecule is O=P(O)(CP(=O)(O)OC1CCCCC1)OC1CCCCC1. The highest BCUT2D eigenvalue weighted by atomic mass is 31.2. The van der Waals surface area contributed by atoms with E-state index in [1.165, 1.54) is 0 Å². The van der Waals surface area contributed by atoms with Crippen LogP contribution in [0.25, 0.3) is 0 Å². The van der Waals surface area contributed by atoms with E-state index in [1.807, 2.05) is 0 Å². The van der Waals surface area contributed by atoms with Crippen molar-refractivity contribution in [3.8, 4) is 0 Å². The third kappa shape index (κ3) is 6.52. The van der Waals surface area contributed by atoms with Crippen LogP contribution < -0.4 is 0 Å². The molecule has 2 saturated carbocycles. The summed E-state index contributed by atoms with van der Waals surface area (Å²) < 4.78 is 34.5. The molecular weight excluding hydrogens is 314 g/mol. The van der Waals surface area contributed by atoms with Gasteiger partial charge in [0.05, 0.1) is 12.2 Å². The molecule has 0 saturated heterocycles. The number of hydrogen-bond acceptors (Lipinski definition) is 4. The maximum Gasteiger partial charge on any atom is 0.340 e. The van der Waals surface area contributed by atoms with Gasteiger partial charge in [0.15, 0.2) is 5.90 Å². The molecule has 0 aliphatic heterocycles. The van der Waals surface area contributed by atoms with Crippen LogP contribution in [0.15, 0.2) is 0 Å². The maximum absolute atomic E-state index is 12.1. The first-order valence-corrected chi connectivity index (χ1v) is 11.4. The lowest BCUT2D eigenvalue weighted by Gasteiger charge is -2.27. The Morgan fingerprint density at radius 2 is 1.05 bits per heavy atom. The van der Waals surface area contributed by atoms with Crippen LogP contribution in [-0.2, 0) is 18.2 Å². The van der Waals surface area contributed by atoms with Gasteiger partial charge < -0.3 is 18.8 Å². The highest BCUT2D eigenvalue weighted by Gasteiger charge is 2.37. The molecule has 2 unspecified atom stereocenters. The summed E-state index contributed by atoms with van der Waals surface area (Å²) in [5.41, 5.74) is 0. The van der Waals surface area contributed by atoms with Crippen LogP contribution in [0.4, 0.5) is 0 Å². The summed E-state index contributed by atoms with van der Waals surface area (Å²) in [6.07, 6.45) is 8.52. The molecule has 0 aromatic heterocycles. The molecule has 2 aliphatic carbocycles. The lowest BCUT2D eigenvalue weighted by atomic mass is 9.98. The van der Waals surface area contributed by atoms with E-state index in [4.69, 9.17) is 9.05 Å². The van der Waals surface area contributed by atoms with Gasteiger partial charge in [0, 0.05) is 0 Å². The summed E-state index contributed by atoms with van der Waals surface area (Å²) in [5.74, 6) is -0.799. The Morgan fingerprint density at radius 1 is 0.714 bits per heavy atom. The molecule has 2 atom stereocenters. The zero-order chi connectivity index (χ0) is 15.3. The fourth-order valence-corrected chi connectivity index (χ4v) is 6.79. The van der Waals surface area contributed by atoms with Crippen LogP contribution in [0, 0.1) is 0 Å². The van der Waals surface area contributed by atoms with Crippen LogP contribution in [0.2, 0.25) is 0 Å². The van der Waals surface area contributed by atoms with Gasteiger partial charge in [-0.15, -0.1) is 0 Å². The fraction of sp³-hybridized carbons (Fsp3) is 1.00. The average molecular weight is 340 g/mol. The van der Waals surface area contributed by atoms with Gasteiger partial charge in [0.25, 0.3) is 0 Å². The standard InChI is InChI=1S/C13H26O6P2/c14-20(15,18-12-7-3-1-4-8-12)11-21(16,17)19-13-9-5-2-6-10-13/h12-13H,1-11H2,(H,14,15)(H,16,17). The van der Waals surface area contributed by atoms with Crippen molar-refractivity contribution in [2.75, 3.05) is 5.90 Å². The smallest absolute Gasteiger partial charge is 0.324 e. The zero-order valence-corrected chi connectivity index (χ0v) is 14.1. The normalized spacial score (nSPS) is 27.9. The molecule has 0 bridgehead atoms. The van der Waals surface area contributed by atoms with Gasteiger partial charge in [-0.05, 0) is 25.7 Å². The minimum atomic E-state index is -4.09. The molecule has 2 rings (SSSR count). The first kappa shape index (κ1) is 17.7. The molecule has 0 radical (unpaired) electrons. The van der Waals surface area contributed by atoms with Gasteiger partial charge in [0.2, 0.25) is 0 Å². The monoisotopic (exact) mass is 340 g/mol. The van der Waals surface area contributed by atoms with E-state index in [-0.39, 0.29) is 12.2 Å². The Labute approximate surface area is 126 Å². The van der Waals surface area contributed by atoms with Gasteiger partial charge in [-0.1, -0.05) is 38.5 Å². The molecule has 21 heavy (non-hydrogen) atoms. The highest BCUT2D eigenvalue weighted by Crippen LogP contribution is 2.60. The Morgan fingerprint density at radius 3 is 1.38 bits per heavy atom. The van der Waals surface area contributed by atoms with Crippen molar-refractivity contribution in [2.45, 2.75) is 76.4 Å². The van der Waals surface area contributed by atoms with E-state index < -0.39 is 21.1 Å². The third-order valence-corrected chi connectivity index (χ3v) is 8.20. The van der Waals surface area contributed by atoms with Gasteiger partial charge >= 0.3 is 15.2 Å². The second-order valence-corrected chi connectivity index (χ2v) is 10.3. The van der Waals surface area contributed by atoms with Gasteiger partial charge in [-0.3, -0.25) is 9.13 Å². The molecule has 2 aliphatic rings. The topological polar surface area (TPSA) is 93.1 Å².